The van der Waals surface area contributed by atoms with Crippen LogP contribution in [0.1, 0.15) is 213 Å². The minimum absolute atomic E-state index is 0.250. The van der Waals surface area contributed by atoms with E-state index in [0.717, 1.165) is 38.5 Å². The lowest BCUT2D eigenvalue weighted by Crippen LogP contribution is -2.66. The number of allylic oxidation sites excluding steroid dienone is 2. The number of nitrogens with one attached hydrogen (secondary N) is 1. The number of rotatable bonds is 44. The third-order valence-corrected chi connectivity index (χ3v) is 15.3. The van der Waals surface area contributed by atoms with Gasteiger partial charge in [-0.2, -0.15) is 0 Å². The van der Waals surface area contributed by atoms with Gasteiger partial charge in [0.2, 0.25) is 5.91 Å². The maximum atomic E-state index is 13.2. The molecule has 0 aromatic heterocycles. The zero-order valence-corrected chi connectivity index (χ0v) is 46.5. The van der Waals surface area contributed by atoms with E-state index in [1.54, 1.807) is 0 Å². The number of aliphatic hydroxyl groups is 11. The monoisotopic (exact) mass is 1090 g/mol. The Kier molecular flexibility index (Phi) is 37.6. The zero-order valence-electron chi connectivity index (χ0n) is 46.5. The maximum Gasteiger partial charge on any atom is 0.220 e. The molecule has 19 heteroatoms. The molecule has 17 atom stereocenters. The first kappa shape index (κ1) is 68.8. The molecule has 0 saturated carbocycles. The Morgan fingerprint density at radius 3 is 1.28 bits per heavy atom. The fourth-order valence-electron chi connectivity index (χ4n) is 10.4. The average molecular weight is 1090 g/mol. The van der Waals surface area contributed by atoms with Gasteiger partial charge < -0.3 is 89.9 Å². The summed E-state index contributed by atoms with van der Waals surface area (Å²) in [6.45, 7) is 1.65. The van der Waals surface area contributed by atoms with Gasteiger partial charge in [0.25, 0.3) is 0 Å². The predicted octanol–water partition coefficient (Wildman–Crippen LogP) is 4.99. The fourth-order valence-corrected chi connectivity index (χ4v) is 10.4. The standard InChI is InChI=1S/C57H107NO18/c1-3-5-7-9-10-11-12-13-14-15-16-17-18-19-20-21-22-23-24-25-26-27-28-29-30-31-33-35-45(63)58-40(41(62)34-32-8-6-4-2)39-71-55-51(69)48(66)53(43(37-60)73-55)76-57-52(70)49(67)54(44(38-61)74-57)75-56-50(68)47(65)46(64)42(36-59)72-56/h15-16,40-44,46-57,59-62,64-70H,3-14,17-39H2,1-2H3,(H,58,63)/b16-15-. The summed E-state index contributed by atoms with van der Waals surface area (Å²) < 4.78 is 34.1. The molecule has 3 fully saturated rings. The van der Waals surface area contributed by atoms with Crippen molar-refractivity contribution in [2.75, 3.05) is 26.4 Å². The van der Waals surface area contributed by atoms with Gasteiger partial charge in [0.1, 0.15) is 73.2 Å². The van der Waals surface area contributed by atoms with Crippen LogP contribution in [0.5, 0.6) is 0 Å². The van der Waals surface area contributed by atoms with Gasteiger partial charge in [0.15, 0.2) is 18.9 Å². The Hall–Kier alpha value is -1.47. The number of aliphatic hydroxyl groups excluding tert-OH is 11. The Morgan fingerprint density at radius 1 is 0.461 bits per heavy atom. The summed E-state index contributed by atoms with van der Waals surface area (Å²) in [7, 11) is 0. The summed E-state index contributed by atoms with van der Waals surface area (Å²) in [6, 6.07) is -0.879. The lowest BCUT2D eigenvalue weighted by Gasteiger charge is -2.48. The second-order valence-electron chi connectivity index (χ2n) is 21.8. The second kappa shape index (κ2) is 41.5. The zero-order chi connectivity index (χ0) is 55.5. The molecule has 17 unspecified atom stereocenters. The van der Waals surface area contributed by atoms with Crippen LogP contribution < -0.4 is 5.32 Å². The van der Waals surface area contributed by atoms with Crippen molar-refractivity contribution < 1.29 is 89.4 Å². The summed E-state index contributed by atoms with van der Waals surface area (Å²) in [5.74, 6) is -0.250. The Labute approximate surface area is 455 Å². The molecule has 3 rings (SSSR count). The first-order valence-electron chi connectivity index (χ1n) is 29.9. The SMILES string of the molecule is CCCCCCCCCC/C=C\CCCCCCCCCCCCCCCCCC(=O)NC(COC1OC(CO)C(OC2OC(CO)C(OC3OC(CO)C(O)C(O)C3O)C(O)C2O)C(O)C1O)C(O)CCCCCC. The van der Waals surface area contributed by atoms with Crippen molar-refractivity contribution in [1.82, 2.24) is 5.32 Å². The maximum absolute atomic E-state index is 13.2. The molecular formula is C57H107NO18. The van der Waals surface area contributed by atoms with Crippen molar-refractivity contribution in [1.29, 1.82) is 0 Å². The molecular weight excluding hydrogens is 987 g/mol. The van der Waals surface area contributed by atoms with Crippen molar-refractivity contribution in [3.05, 3.63) is 12.2 Å². The molecule has 0 aliphatic carbocycles. The molecule has 3 aliphatic heterocycles. The molecule has 0 aromatic carbocycles. The van der Waals surface area contributed by atoms with Crippen LogP contribution in [0.15, 0.2) is 12.2 Å². The van der Waals surface area contributed by atoms with E-state index in [1.165, 1.54) is 135 Å². The van der Waals surface area contributed by atoms with Gasteiger partial charge in [-0.15, -0.1) is 0 Å². The van der Waals surface area contributed by atoms with Crippen LogP contribution in [0.3, 0.4) is 0 Å². The highest BCUT2D eigenvalue weighted by Gasteiger charge is 2.53. The Bertz CT molecular complexity index is 1450. The third-order valence-electron chi connectivity index (χ3n) is 15.3. The number of amides is 1. The van der Waals surface area contributed by atoms with Crippen molar-refractivity contribution in [2.45, 2.75) is 317 Å². The lowest BCUT2D eigenvalue weighted by molar-refractivity contribution is -0.379. The van der Waals surface area contributed by atoms with Crippen LogP contribution >= 0.6 is 0 Å². The van der Waals surface area contributed by atoms with E-state index in [9.17, 15) is 61.0 Å². The molecule has 19 nitrogen and oxygen atoms in total. The van der Waals surface area contributed by atoms with E-state index < -0.39 is 124 Å². The molecule has 0 bridgehead atoms. The molecule has 12 N–H and O–H groups in total. The van der Waals surface area contributed by atoms with Gasteiger partial charge in [-0.1, -0.05) is 180 Å². The molecule has 1 amide bonds. The van der Waals surface area contributed by atoms with Gasteiger partial charge in [0.05, 0.1) is 38.6 Å². The first-order valence-corrected chi connectivity index (χ1v) is 29.9. The number of unbranched alkanes of at least 4 members (excludes halogenated alkanes) is 26. The summed E-state index contributed by atoms with van der Waals surface area (Å²) in [4.78, 5) is 13.2. The largest absolute Gasteiger partial charge is 0.394 e. The minimum Gasteiger partial charge on any atom is -0.394 e. The summed E-state index contributed by atoms with van der Waals surface area (Å²) >= 11 is 0. The first-order chi connectivity index (χ1) is 36.8. The van der Waals surface area contributed by atoms with Crippen LogP contribution in [-0.2, 0) is 33.2 Å². The topological polar surface area (TPSA) is 307 Å². The lowest BCUT2D eigenvalue weighted by atomic mass is 9.96. The van der Waals surface area contributed by atoms with Crippen LogP contribution in [0.4, 0.5) is 0 Å². The molecule has 76 heavy (non-hydrogen) atoms. The van der Waals surface area contributed by atoms with Crippen LogP contribution in [0.2, 0.25) is 0 Å². The quantitative estimate of drug-likeness (QED) is 0.0283. The van der Waals surface area contributed by atoms with E-state index in [4.69, 9.17) is 28.4 Å². The molecule has 448 valence electrons. The highest BCUT2D eigenvalue weighted by atomic mass is 16.8. The fraction of sp³-hybridized carbons (Fsp3) is 0.947. The van der Waals surface area contributed by atoms with Crippen molar-refractivity contribution >= 4 is 5.91 Å². The summed E-state index contributed by atoms with van der Waals surface area (Å²) in [5.41, 5.74) is 0. The van der Waals surface area contributed by atoms with E-state index >= 15 is 0 Å². The van der Waals surface area contributed by atoms with Gasteiger partial charge >= 0.3 is 0 Å². The predicted molar refractivity (Wildman–Crippen MR) is 287 cm³/mol. The second-order valence-corrected chi connectivity index (χ2v) is 21.8. The van der Waals surface area contributed by atoms with Gasteiger partial charge in [-0.25, -0.2) is 0 Å². The number of hydrogen-bond acceptors (Lipinski definition) is 18. The highest BCUT2D eigenvalue weighted by molar-refractivity contribution is 5.76. The molecule has 0 spiro atoms. The van der Waals surface area contributed by atoms with Crippen LogP contribution in [0.25, 0.3) is 0 Å². The third kappa shape index (κ3) is 25.5. The number of hydrogen-bond donors (Lipinski definition) is 12. The molecule has 3 heterocycles. The average Bonchev–Trinajstić information content (AvgIpc) is 3.42. The number of carbonyl (C=O) groups excluding carboxylic acids is 1. The Balaban J connectivity index is 1.33. The van der Waals surface area contributed by atoms with E-state index in [0.29, 0.717) is 19.3 Å². The summed E-state index contributed by atoms with van der Waals surface area (Å²) in [5, 5.41) is 119. The Morgan fingerprint density at radius 2 is 0.829 bits per heavy atom. The van der Waals surface area contributed by atoms with Gasteiger partial charge in [-0.05, 0) is 38.5 Å². The van der Waals surface area contributed by atoms with Crippen molar-refractivity contribution in [3.63, 3.8) is 0 Å². The normalized spacial score (nSPS) is 31.0. The molecule has 0 radical (unpaired) electrons. The van der Waals surface area contributed by atoms with E-state index in [2.05, 4.69) is 31.3 Å². The van der Waals surface area contributed by atoms with Gasteiger partial charge in [0, 0.05) is 6.42 Å². The van der Waals surface area contributed by atoms with Gasteiger partial charge in [-0.3, -0.25) is 4.79 Å². The van der Waals surface area contributed by atoms with E-state index in [-0.39, 0.29) is 18.9 Å². The molecule has 0 aromatic rings. The van der Waals surface area contributed by atoms with Crippen molar-refractivity contribution in [2.24, 2.45) is 0 Å². The number of carbonyl (C=O) groups is 1. The summed E-state index contributed by atoms with van der Waals surface area (Å²) in [6.07, 6.45) is 14.2. The molecule has 3 aliphatic rings. The molecule has 3 saturated heterocycles. The number of ether oxygens (including phenoxy) is 6. The smallest absolute Gasteiger partial charge is 0.220 e. The minimum atomic E-state index is -1.97. The highest BCUT2D eigenvalue weighted by Crippen LogP contribution is 2.33. The van der Waals surface area contributed by atoms with E-state index in [1.807, 2.05) is 0 Å². The van der Waals surface area contributed by atoms with Crippen LogP contribution in [-0.4, -0.2) is 193 Å². The van der Waals surface area contributed by atoms with Crippen molar-refractivity contribution in [3.8, 4) is 0 Å². The van der Waals surface area contributed by atoms with Crippen LogP contribution in [0, 0.1) is 0 Å².